The molecule has 6 heteroatoms. The van der Waals surface area contributed by atoms with Gasteiger partial charge in [-0.2, -0.15) is 0 Å². The number of nitrogens with zero attached hydrogens (tertiary/aromatic N) is 1. The van der Waals surface area contributed by atoms with E-state index in [1.165, 1.54) is 31.2 Å². The van der Waals surface area contributed by atoms with Crippen molar-refractivity contribution in [2.75, 3.05) is 5.32 Å². The summed E-state index contributed by atoms with van der Waals surface area (Å²) in [4.78, 5) is 37.9. The van der Waals surface area contributed by atoms with E-state index in [4.69, 9.17) is 0 Å². The maximum Gasteiger partial charge on any atom is 0.262 e. The summed E-state index contributed by atoms with van der Waals surface area (Å²) in [6.07, 6.45) is 0. The van der Waals surface area contributed by atoms with Crippen molar-refractivity contribution in [3.05, 3.63) is 59.7 Å². The number of hydrogen-bond acceptors (Lipinski definition) is 4. The largest absolute Gasteiger partial charge is 0.508 e. The molecule has 0 aliphatic carbocycles. The van der Waals surface area contributed by atoms with E-state index in [-0.39, 0.29) is 5.75 Å². The maximum atomic E-state index is 12.3. The number of fused-ring (bicyclic) bond motifs is 1. The molecule has 0 saturated heterocycles. The van der Waals surface area contributed by atoms with Gasteiger partial charge in [-0.05, 0) is 43.3 Å². The topological polar surface area (TPSA) is 86.7 Å². The lowest BCUT2D eigenvalue weighted by Gasteiger charge is -2.21. The van der Waals surface area contributed by atoms with E-state index in [9.17, 15) is 19.5 Å². The van der Waals surface area contributed by atoms with Gasteiger partial charge in [0, 0.05) is 5.69 Å². The summed E-state index contributed by atoms with van der Waals surface area (Å²) in [6.45, 7) is 1.50. The summed E-state index contributed by atoms with van der Waals surface area (Å²) in [5.41, 5.74) is 1.08. The third-order valence-corrected chi connectivity index (χ3v) is 3.73. The van der Waals surface area contributed by atoms with E-state index in [1.807, 2.05) is 0 Å². The lowest BCUT2D eigenvalue weighted by atomic mass is 10.1. The van der Waals surface area contributed by atoms with Crippen molar-refractivity contribution in [2.45, 2.75) is 13.0 Å². The van der Waals surface area contributed by atoms with Crippen molar-refractivity contribution in [3.63, 3.8) is 0 Å². The minimum atomic E-state index is -0.948. The number of phenols is 1. The van der Waals surface area contributed by atoms with Crippen LogP contribution >= 0.6 is 0 Å². The molecule has 3 amide bonds. The maximum absolute atomic E-state index is 12.3. The van der Waals surface area contributed by atoms with Gasteiger partial charge in [-0.15, -0.1) is 0 Å². The molecule has 0 fully saturated rings. The summed E-state index contributed by atoms with van der Waals surface area (Å²) in [7, 11) is 0. The van der Waals surface area contributed by atoms with Crippen LogP contribution in [0.25, 0.3) is 0 Å². The fraction of sp³-hybridized carbons (Fsp3) is 0.118. The van der Waals surface area contributed by atoms with Gasteiger partial charge in [0.2, 0.25) is 5.91 Å². The van der Waals surface area contributed by atoms with Gasteiger partial charge in [0.15, 0.2) is 0 Å². The summed E-state index contributed by atoms with van der Waals surface area (Å²) in [5.74, 6) is -1.35. The molecule has 3 rings (SSSR count). The SMILES string of the molecule is CC(C(=O)Nc1ccc(O)cc1)N1C(=O)c2ccccc2C1=O. The fourth-order valence-electron chi connectivity index (χ4n) is 2.47. The Morgan fingerprint density at radius 1 is 1.00 bits per heavy atom. The quantitative estimate of drug-likeness (QED) is 0.670. The molecule has 0 aromatic heterocycles. The Labute approximate surface area is 132 Å². The van der Waals surface area contributed by atoms with Crippen molar-refractivity contribution in [2.24, 2.45) is 0 Å². The van der Waals surface area contributed by atoms with Crippen LogP contribution in [0, 0.1) is 0 Å². The number of amides is 3. The number of phenolic OH excluding ortho intramolecular Hbond substituents is 1. The van der Waals surface area contributed by atoms with Crippen molar-refractivity contribution in [1.29, 1.82) is 0 Å². The molecular weight excluding hydrogens is 296 g/mol. The Morgan fingerprint density at radius 2 is 1.52 bits per heavy atom. The second-order valence-corrected chi connectivity index (χ2v) is 5.24. The van der Waals surface area contributed by atoms with Gasteiger partial charge in [-0.25, -0.2) is 0 Å². The van der Waals surface area contributed by atoms with Crippen LogP contribution in [0.2, 0.25) is 0 Å². The highest BCUT2D eigenvalue weighted by Crippen LogP contribution is 2.25. The molecule has 0 bridgehead atoms. The molecule has 1 atom stereocenters. The molecule has 2 aromatic carbocycles. The molecule has 1 heterocycles. The molecule has 116 valence electrons. The zero-order valence-corrected chi connectivity index (χ0v) is 12.3. The van der Waals surface area contributed by atoms with Crippen molar-refractivity contribution in [1.82, 2.24) is 4.90 Å². The lowest BCUT2D eigenvalue weighted by molar-refractivity contribution is -0.119. The molecule has 0 radical (unpaired) electrons. The average Bonchev–Trinajstić information content (AvgIpc) is 2.81. The highest BCUT2D eigenvalue weighted by Gasteiger charge is 2.40. The van der Waals surface area contributed by atoms with Crippen LogP contribution in [0.3, 0.4) is 0 Å². The Hall–Kier alpha value is -3.15. The van der Waals surface area contributed by atoms with Crippen molar-refractivity contribution < 1.29 is 19.5 Å². The summed E-state index contributed by atoms with van der Waals surface area (Å²) in [6, 6.07) is 11.5. The monoisotopic (exact) mass is 310 g/mol. The van der Waals surface area contributed by atoms with Crippen LogP contribution in [0.1, 0.15) is 27.6 Å². The number of aromatic hydroxyl groups is 1. The third kappa shape index (κ3) is 2.55. The smallest absolute Gasteiger partial charge is 0.262 e. The number of carbonyl (C=O) groups is 3. The first-order valence-corrected chi connectivity index (χ1v) is 7.06. The van der Waals surface area contributed by atoms with Gasteiger partial charge in [-0.3, -0.25) is 19.3 Å². The van der Waals surface area contributed by atoms with Crippen molar-refractivity contribution in [3.8, 4) is 5.75 Å². The number of nitrogens with one attached hydrogen (secondary N) is 1. The first-order chi connectivity index (χ1) is 11.0. The number of carbonyl (C=O) groups excluding carboxylic acids is 3. The van der Waals surface area contributed by atoms with Crippen LogP contribution in [0.15, 0.2) is 48.5 Å². The van der Waals surface area contributed by atoms with Gasteiger partial charge in [0.05, 0.1) is 11.1 Å². The first kappa shape index (κ1) is 14.8. The number of hydrogen-bond donors (Lipinski definition) is 2. The highest BCUT2D eigenvalue weighted by atomic mass is 16.3. The van der Waals surface area contributed by atoms with E-state index in [2.05, 4.69) is 5.32 Å². The molecule has 0 spiro atoms. The van der Waals surface area contributed by atoms with Gasteiger partial charge in [0.25, 0.3) is 11.8 Å². The van der Waals surface area contributed by atoms with E-state index in [0.717, 1.165) is 4.90 Å². The fourth-order valence-corrected chi connectivity index (χ4v) is 2.47. The molecule has 1 unspecified atom stereocenters. The number of rotatable bonds is 3. The molecule has 1 aliphatic rings. The molecule has 1 aliphatic heterocycles. The van der Waals surface area contributed by atoms with Crippen LogP contribution in [0.4, 0.5) is 5.69 Å². The molecular formula is C17H14N2O4. The van der Waals surface area contributed by atoms with Gasteiger partial charge >= 0.3 is 0 Å². The predicted octanol–water partition coefficient (Wildman–Crippen LogP) is 2.02. The molecule has 0 saturated carbocycles. The normalized spacial score (nSPS) is 14.6. The predicted molar refractivity (Wildman–Crippen MR) is 83.1 cm³/mol. The van der Waals surface area contributed by atoms with Crippen LogP contribution in [-0.4, -0.2) is 33.8 Å². The lowest BCUT2D eigenvalue weighted by Crippen LogP contribution is -2.45. The first-order valence-electron chi connectivity index (χ1n) is 7.06. The summed E-state index contributed by atoms with van der Waals surface area (Å²) in [5, 5.41) is 11.8. The number of imide groups is 1. The van der Waals surface area contributed by atoms with Gasteiger partial charge < -0.3 is 10.4 Å². The van der Waals surface area contributed by atoms with E-state index < -0.39 is 23.8 Å². The zero-order valence-electron chi connectivity index (χ0n) is 12.3. The minimum absolute atomic E-state index is 0.0800. The average molecular weight is 310 g/mol. The molecule has 6 nitrogen and oxygen atoms in total. The number of anilines is 1. The van der Waals surface area contributed by atoms with E-state index in [0.29, 0.717) is 16.8 Å². The van der Waals surface area contributed by atoms with Gasteiger partial charge in [0.1, 0.15) is 11.8 Å². The number of benzene rings is 2. The van der Waals surface area contributed by atoms with Crippen LogP contribution in [-0.2, 0) is 4.79 Å². The van der Waals surface area contributed by atoms with E-state index in [1.54, 1.807) is 24.3 Å². The Morgan fingerprint density at radius 3 is 2.04 bits per heavy atom. The minimum Gasteiger partial charge on any atom is -0.508 e. The standard InChI is InChI=1S/C17H14N2O4/c1-10(15(21)18-11-6-8-12(20)9-7-11)19-16(22)13-4-2-3-5-14(13)17(19)23/h2-10,20H,1H3,(H,18,21). The zero-order chi connectivity index (χ0) is 16.6. The Kier molecular flexibility index (Phi) is 3.57. The second kappa shape index (κ2) is 5.57. The second-order valence-electron chi connectivity index (χ2n) is 5.24. The highest BCUT2D eigenvalue weighted by molar-refractivity contribution is 6.23. The van der Waals surface area contributed by atoms with E-state index >= 15 is 0 Å². The van der Waals surface area contributed by atoms with Gasteiger partial charge in [-0.1, -0.05) is 12.1 Å². The van der Waals surface area contributed by atoms with Crippen molar-refractivity contribution >= 4 is 23.4 Å². The molecule has 2 N–H and O–H groups in total. The summed E-state index contributed by atoms with van der Waals surface area (Å²) >= 11 is 0. The molecule has 2 aromatic rings. The molecule has 23 heavy (non-hydrogen) atoms. The Bertz CT molecular complexity index is 763. The van der Waals surface area contributed by atoms with Crippen LogP contribution < -0.4 is 5.32 Å². The third-order valence-electron chi connectivity index (χ3n) is 3.73. The Balaban J connectivity index is 1.79. The van der Waals surface area contributed by atoms with Crippen LogP contribution in [0.5, 0.6) is 5.75 Å². The summed E-state index contributed by atoms with van der Waals surface area (Å²) < 4.78 is 0.